The molecule has 0 aromatic heterocycles. The van der Waals surface area contributed by atoms with Crippen LogP contribution < -0.4 is 4.74 Å². The lowest BCUT2D eigenvalue weighted by atomic mass is 10.3. The Morgan fingerprint density at radius 3 is 2.29 bits per heavy atom. The quantitative estimate of drug-likeness (QED) is 0.779. The first kappa shape index (κ1) is 13.7. The van der Waals surface area contributed by atoms with Gasteiger partial charge in [-0.3, -0.25) is 0 Å². The third-order valence-electron chi connectivity index (χ3n) is 2.36. The summed E-state index contributed by atoms with van der Waals surface area (Å²) in [5.74, 6) is 0.626. The summed E-state index contributed by atoms with van der Waals surface area (Å²) in [4.78, 5) is 11.0. The Balaban J connectivity index is 2.72. The first-order chi connectivity index (χ1) is 7.95. The molecule has 0 unspecified atom stereocenters. The van der Waals surface area contributed by atoms with Crippen molar-refractivity contribution in [2.24, 2.45) is 0 Å². The second-order valence-corrected chi connectivity index (χ2v) is 5.91. The van der Waals surface area contributed by atoms with Crippen molar-refractivity contribution in [2.45, 2.75) is 24.7 Å². The van der Waals surface area contributed by atoms with E-state index in [2.05, 4.69) is 0 Å². The molecule has 5 heteroatoms. The van der Waals surface area contributed by atoms with Crippen LogP contribution in [0.3, 0.4) is 0 Å². The first-order valence-corrected chi connectivity index (χ1v) is 6.97. The molecule has 1 aromatic carbocycles. The molecule has 0 amide bonds. The third-order valence-corrected chi connectivity index (χ3v) is 4.18. The SMILES string of the molecule is COc1ccc(S(=O)(=O)CCCC(C)=O)cc1. The predicted molar refractivity (Wildman–Crippen MR) is 65.0 cm³/mol. The molecule has 0 saturated heterocycles. The summed E-state index contributed by atoms with van der Waals surface area (Å²) in [7, 11) is -1.76. The molecular weight excluding hydrogens is 240 g/mol. The molecular formula is C12H16O4S. The average Bonchev–Trinajstić information content (AvgIpc) is 2.28. The van der Waals surface area contributed by atoms with E-state index in [4.69, 9.17) is 4.74 Å². The highest BCUT2D eigenvalue weighted by Crippen LogP contribution is 2.17. The fourth-order valence-electron chi connectivity index (χ4n) is 1.41. The van der Waals surface area contributed by atoms with E-state index < -0.39 is 9.84 Å². The molecule has 0 bridgehead atoms. The molecule has 0 aliphatic carbocycles. The van der Waals surface area contributed by atoms with Crippen molar-refractivity contribution in [2.75, 3.05) is 12.9 Å². The third kappa shape index (κ3) is 4.19. The number of sulfone groups is 1. The maximum Gasteiger partial charge on any atom is 0.178 e. The minimum absolute atomic E-state index is 0.00108. The van der Waals surface area contributed by atoms with E-state index in [0.717, 1.165) is 0 Å². The minimum Gasteiger partial charge on any atom is -0.497 e. The lowest BCUT2D eigenvalue weighted by molar-refractivity contribution is -0.117. The number of carbonyl (C=O) groups is 1. The van der Waals surface area contributed by atoms with Crippen molar-refractivity contribution in [1.82, 2.24) is 0 Å². The van der Waals surface area contributed by atoms with Gasteiger partial charge in [0.2, 0.25) is 0 Å². The van der Waals surface area contributed by atoms with E-state index in [0.29, 0.717) is 18.6 Å². The molecule has 0 saturated carbocycles. The lowest BCUT2D eigenvalue weighted by Crippen LogP contribution is -2.08. The molecule has 0 atom stereocenters. The van der Waals surface area contributed by atoms with Gasteiger partial charge in [-0.2, -0.15) is 0 Å². The molecule has 1 rings (SSSR count). The van der Waals surface area contributed by atoms with Gasteiger partial charge >= 0.3 is 0 Å². The van der Waals surface area contributed by atoms with Crippen molar-refractivity contribution in [3.63, 3.8) is 0 Å². The van der Waals surface area contributed by atoms with Gasteiger partial charge in [0.1, 0.15) is 11.5 Å². The Bertz CT molecular complexity index is 474. The van der Waals surface area contributed by atoms with Crippen LogP contribution >= 0.6 is 0 Å². The van der Waals surface area contributed by atoms with E-state index in [9.17, 15) is 13.2 Å². The number of methoxy groups -OCH3 is 1. The van der Waals surface area contributed by atoms with Gasteiger partial charge in [0.05, 0.1) is 17.8 Å². The van der Waals surface area contributed by atoms with Crippen LogP contribution in [-0.4, -0.2) is 27.1 Å². The van der Waals surface area contributed by atoms with E-state index >= 15 is 0 Å². The molecule has 1 aromatic rings. The summed E-state index contributed by atoms with van der Waals surface area (Å²) < 4.78 is 28.7. The summed E-state index contributed by atoms with van der Waals surface area (Å²) in [6, 6.07) is 6.25. The van der Waals surface area contributed by atoms with Crippen LogP contribution in [0, 0.1) is 0 Å². The summed E-state index contributed by atoms with van der Waals surface area (Å²) in [6.45, 7) is 1.46. The number of ketones is 1. The minimum atomic E-state index is -3.29. The normalized spacial score (nSPS) is 11.2. The summed E-state index contributed by atoms with van der Waals surface area (Å²) in [6.07, 6.45) is 0.666. The summed E-state index contributed by atoms with van der Waals surface area (Å²) >= 11 is 0. The van der Waals surface area contributed by atoms with Crippen LogP contribution in [-0.2, 0) is 14.6 Å². The predicted octanol–water partition coefficient (Wildman–Crippen LogP) is 1.84. The van der Waals surface area contributed by atoms with Gasteiger partial charge in [-0.05, 0) is 37.6 Å². The number of benzene rings is 1. The van der Waals surface area contributed by atoms with Gasteiger partial charge in [0.25, 0.3) is 0 Å². The molecule has 0 spiro atoms. The van der Waals surface area contributed by atoms with Gasteiger partial charge in [0, 0.05) is 6.42 Å². The van der Waals surface area contributed by atoms with Crippen LogP contribution in [0.15, 0.2) is 29.2 Å². The van der Waals surface area contributed by atoms with Crippen molar-refractivity contribution in [3.05, 3.63) is 24.3 Å². The molecule has 0 aliphatic rings. The highest BCUT2D eigenvalue weighted by atomic mass is 32.2. The largest absolute Gasteiger partial charge is 0.497 e. The smallest absolute Gasteiger partial charge is 0.178 e. The number of ether oxygens (including phenoxy) is 1. The second kappa shape index (κ2) is 5.82. The topological polar surface area (TPSA) is 60.4 Å². The van der Waals surface area contributed by atoms with E-state index in [-0.39, 0.29) is 16.4 Å². The van der Waals surface area contributed by atoms with Gasteiger partial charge < -0.3 is 9.53 Å². The number of hydrogen-bond acceptors (Lipinski definition) is 4. The van der Waals surface area contributed by atoms with E-state index in [1.54, 1.807) is 12.1 Å². The molecule has 0 heterocycles. The van der Waals surface area contributed by atoms with Crippen molar-refractivity contribution in [1.29, 1.82) is 0 Å². The van der Waals surface area contributed by atoms with Crippen molar-refractivity contribution >= 4 is 15.6 Å². The zero-order valence-electron chi connectivity index (χ0n) is 9.97. The monoisotopic (exact) mass is 256 g/mol. The molecule has 0 aliphatic heterocycles. The first-order valence-electron chi connectivity index (χ1n) is 5.32. The maximum absolute atomic E-state index is 11.9. The van der Waals surface area contributed by atoms with Crippen LogP contribution in [0.1, 0.15) is 19.8 Å². The van der Waals surface area contributed by atoms with Crippen LogP contribution in [0.25, 0.3) is 0 Å². The summed E-state index contributed by atoms with van der Waals surface area (Å²) in [5, 5.41) is 0. The lowest BCUT2D eigenvalue weighted by Gasteiger charge is -2.05. The molecule has 0 fully saturated rings. The van der Waals surface area contributed by atoms with Crippen LogP contribution in [0.2, 0.25) is 0 Å². The molecule has 0 radical (unpaired) electrons. The maximum atomic E-state index is 11.9. The zero-order chi connectivity index (χ0) is 12.9. The molecule has 0 N–H and O–H groups in total. The Morgan fingerprint density at radius 1 is 1.24 bits per heavy atom. The van der Waals surface area contributed by atoms with E-state index in [1.165, 1.54) is 26.2 Å². The Kier molecular flexibility index (Phi) is 4.69. The Hall–Kier alpha value is -1.36. The van der Waals surface area contributed by atoms with Gasteiger partial charge in [0.15, 0.2) is 9.84 Å². The van der Waals surface area contributed by atoms with Crippen LogP contribution in [0.4, 0.5) is 0 Å². The highest BCUT2D eigenvalue weighted by Gasteiger charge is 2.14. The fourth-order valence-corrected chi connectivity index (χ4v) is 2.72. The highest BCUT2D eigenvalue weighted by molar-refractivity contribution is 7.91. The molecule has 4 nitrogen and oxygen atoms in total. The standard InChI is InChI=1S/C12H16O4S/c1-10(13)4-3-9-17(14,15)12-7-5-11(16-2)6-8-12/h5-8H,3-4,9H2,1-2H3. The average molecular weight is 256 g/mol. The number of hydrogen-bond donors (Lipinski definition) is 0. The van der Waals surface area contributed by atoms with Crippen LogP contribution in [0.5, 0.6) is 5.75 Å². The Morgan fingerprint density at radius 2 is 1.82 bits per heavy atom. The van der Waals surface area contributed by atoms with Gasteiger partial charge in [-0.15, -0.1) is 0 Å². The molecule has 94 valence electrons. The fraction of sp³-hybridized carbons (Fsp3) is 0.417. The van der Waals surface area contributed by atoms with Crippen molar-refractivity contribution < 1.29 is 17.9 Å². The van der Waals surface area contributed by atoms with Gasteiger partial charge in [-0.25, -0.2) is 8.42 Å². The summed E-state index contributed by atoms with van der Waals surface area (Å²) in [5.41, 5.74) is 0. The number of carbonyl (C=O) groups excluding carboxylic acids is 1. The number of Topliss-reactive ketones (excluding diaryl/α,β-unsaturated/α-hetero) is 1. The molecule has 17 heavy (non-hydrogen) atoms. The zero-order valence-corrected chi connectivity index (χ0v) is 10.8. The van der Waals surface area contributed by atoms with E-state index in [1.807, 2.05) is 0 Å². The van der Waals surface area contributed by atoms with Crippen molar-refractivity contribution in [3.8, 4) is 5.75 Å². The second-order valence-electron chi connectivity index (χ2n) is 3.80. The van der Waals surface area contributed by atoms with Gasteiger partial charge in [-0.1, -0.05) is 0 Å². The Labute approximate surface area is 102 Å². The number of rotatable bonds is 6.